The van der Waals surface area contributed by atoms with Crippen molar-refractivity contribution < 1.29 is 9.53 Å². The molecular formula is C14H22N4O2. The van der Waals surface area contributed by atoms with Gasteiger partial charge in [0.25, 0.3) is 5.91 Å². The fraction of sp³-hybridized carbons (Fsp3) is 0.714. The molecule has 1 N–H and O–H groups in total. The van der Waals surface area contributed by atoms with E-state index < -0.39 is 5.54 Å². The lowest BCUT2D eigenvalue weighted by Gasteiger charge is -2.39. The normalized spacial score (nSPS) is 23.3. The van der Waals surface area contributed by atoms with Crippen LogP contribution in [0.15, 0.2) is 18.5 Å². The molecule has 0 bridgehead atoms. The summed E-state index contributed by atoms with van der Waals surface area (Å²) in [5.41, 5.74) is -0.515. The fourth-order valence-electron chi connectivity index (χ4n) is 3.15. The van der Waals surface area contributed by atoms with Crippen molar-refractivity contribution in [3.05, 3.63) is 18.5 Å². The summed E-state index contributed by atoms with van der Waals surface area (Å²) in [6.45, 7) is 4.58. The molecule has 2 aliphatic heterocycles. The molecule has 0 aliphatic carbocycles. The van der Waals surface area contributed by atoms with Crippen LogP contribution < -0.4 is 5.32 Å². The molecule has 0 atom stereocenters. The van der Waals surface area contributed by atoms with E-state index in [1.54, 1.807) is 6.20 Å². The second-order valence-electron chi connectivity index (χ2n) is 5.49. The number of nitrogens with one attached hydrogen (secondary N) is 1. The average Bonchev–Trinajstić information content (AvgIpc) is 2.91. The summed E-state index contributed by atoms with van der Waals surface area (Å²) in [6.07, 6.45) is 6.18. The highest BCUT2D eigenvalue weighted by Gasteiger charge is 2.44. The van der Waals surface area contributed by atoms with Gasteiger partial charge in [0.15, 0.2) is 0 Å². The number of aromatic nitrogens is 2. The Kier molecular flexibility index (Phi) is 4.03. The van der Waals surface area contributed by atoms with E-state index in [-0.39, 0.29) is 5.91 Å². The first-order valence-corrected chi connectivity index (χ1v) is 7.41. The summed E-state index contributed by atoms with van der Waals surface area (Å²) < 4.78 is 7.32. The number of hydrogen-bond acceptors (Lipinski definition) is 4. The first-order chi connectivity index (χ1) is 9.83. The van der Waals surface area contributed by atoms with Crippen LogP contribution in [0.5, 0.6) is 0 Å². The van der Waals surface area contributed by atoms with Crippen molar-refractivity contribution in [3.8, 4) is 0 Å². The molecule has 110 valence electrons. The second kappa shape index (κ2) is 5.93. The second-order valence-corrected chi connectivity index (χ2v) is 5.49. The van der Waals surface area contributed by atoms with E-state index in [1.807, 2.05) is 21.8 Å². The van der Waals surface area contributed by atoms with Crippen LogP contribution in [0, 0.1) is 0 Å². The van der Waals surface area contributed by atoms with Gasteiger partial charge >= 0.3 is 0 Å². The molecular weight excluding hydrogens is 256 g/mol. The maximum Gasteiger partial charge on any atom is 0.250 e. The molecule has 1 amide bonds. The highest BCUT2D eigenvalue weighted by atomic mass is 16.5. The van der Waals surface area contributed by atoms with E-state index in [2.05, 4.69) is 10.4 Å². The molecule has 0 unspecified atom stereocenters. The molecule has 2 aliphatic rings. The molecule has 1 aromatic rings. The monoisotopic (exact) mass is 278 g/mol. The van der Waals surface area contributed by atoms with Crippen LogP contribution in [-0.2, 0) is 15.1 Å². The fourth-order valence-corrected chi connectivity index (χ4v) is 3.15. The molecule has 3 heterocycles. The van der Waals surface area contributed by atoms with Crippen molar-refractivity contribution in [3.63, 3.8) is 0 Å². The molecule has 0 radical (unpaired) electrons. The van der Waals surface area contributed by atoms with Gasteiger partial charge in [-0.2, -0.15) is 5.10 Å². The van der Waals surface area contributed by atoms with Crippen LogP contribution in [0.25, 0.3) is 0 Å². The lowest BCUT2D eigenvalue weighted by molar-refractivity contribution is -0.143. The molecule has 0 saturated carbocycles. The third kappa shape index (κ3) is 2.45. The largest absolute Gasteiger partial charge is 0.380 e. The molecule has 2 saturated heterocycles. The first kappa shape index (κ1) is 13.6. The molecule has 3 rings (SSSR count). The van der Waals surface area contributed by atoms with Crippen LogP contribution in [0.3, 0.4) is 0 Å². The highest BCUT2D eigenvalue weighted by molar-refractivity contribution is 5.84. The SMILES string of the molecule is O=C(N1CCCOCC1)C1(n2cccn2)CCNCC1. The third-order valence-corrected chi connectivity index (χ3v) is 4.28. The van der Waals surface area contributed by atoms with Gasteiger partial charge < -0.3 is 15.0 Å². The number of nitrogens with zero attached hydrogens (tertiary/aromatic N) is 3. The zero-order valence-corrected chi connectivity index (χ0v) is 11.8. The van der Waals surface area contributed by atoms with E-state index in [9.17, 15) is 4.79 Å². The van der Waals surface area contributed by atoms with Crippen molar-refractivity contribution in [1.29, 1.82) is 0 Å². The Labute approximate surface area is 119 Å². The number of piperidine rings is 1. The quantitative estimate of drug-likeness (QED) is 0.840. The van der Waals surface area contributed by atoms with Gasteiger partial charge in [0.1, 0.15) is 5.54 Å². The Hall–Kier alpha value is -1.40. The van der Waals surface area contributed by atoms with Gasteiger partial charge in [0.2, 0.25) is 0 Å². The zero-order valence-electron chi connectivity index (χ0n) is 11.8. The molecule has 6 nitrogen and oxygen atoms in total. The van der Waals surface area contributed by atoms with Gasteiger partial charge in [-0.1, -0.05) is 0 Å². The smallest absolute Gasteiger partial charge is 0.250 e. The average molecular weight is 278 g/mol. The minimum atomic E-state index is -0.515. The Bertz CT molecular complexity index is 432. The van der Waals surface area contributed by atoms with Crippen molar-refractivity contribution in [2.45, 2.75) is 24.8 Å². The number of ether oxygens (including phenoxy) is 1. The number of hydrogen-bond donors (Lipinski definition) is 1. The van der Waals surface area contributed by atoms with Crippen LogP contribution in [0.2, 0.25) is 0 Å². The van der Waals surface area contributed by atoms with Crippen molar-refractivity contribution in [1.82, 2.24) is 20.0 Å². The highest BCUT2D eigenvalue weighted by Crippen LogP contribution is 2.29. The van der Waals surface area contributed by atoms with Crippen LogP contribution >= 0.6 is 0 Å². The first-order valence-electron chi connectivity index (χ1n) is 7.41. The van der Waals surface area contributed by atoms with E-state index in [1.165, 1.54) is 0 Å². The molecule has 0 aromatic carbocycles. The molecule has 20 heavy (non-hydrogen) atoms. The molecule has 6 heteroatoms. The predicted octanol–water partition coefficient (Wildman–Crippen LogP) is 0.211. The Balaban J connectivity index is 1.86. The van der Waals surface area contributed by atoms with Gasteiger partial charge in [0, 0.05) is 32.1 Å². The predicted molar refractivity (Wildman–Crippen MR) is 74.3 cm³/mol. The van der Waals surface area contributed by atoms with Crippen LogP contribution in [-0.4, -0.2) is 60.0 Å². The van der Waals surface area contributed by atoms with Crippen LogP contribution in [0.1, 0.15) is 19.3 Å². The van der Waals surface area contributed by atoms with Gasteiger partial charge in [-0.05, 0) is 38.4 Å². The van der Waals surface area contributed by atoms with Gasteiger partial charge in [0.05, 0.1) is 6.61 Å². The number of carbonyl (C=O) groups is 1. The standard InChI is InChI=1S/C14H22N4O2/c19-13(17-8-2-11-20-12-10-17)14(3-6-15-7-4-14)18-9-1-5-16-18/h1,5,9,15H,2-4,6-8,10-12H2. The van der Waals surface area contributed by atoms with E-state index in [4.69, 9.17) is 4.74 Å². The lowest BCUT2D eigenvalue weighted by atomic mass is 9.86. The summed E-state index contributed by atoms with van der Waals surface area (Å²) in [5.74, 6) is 0.202. The Morgan fingerprint density at radius 1 is 1.25 bits per heavy atom. The van der Waals surface area contributed by atoms with Crippen molar-refractivity contribution in [2.75, 3.05) is 39.4 Å². The number of rotatable bonds is 2. The Morgan fingerprint density at radius 3 is 2.85 bits per heavy atom. The van der Waals surface area contributed by atoms with E-state index in [0.717, 1.165) is 45.5 Å². The molecule has 1 aromatic heterocycles. The lowest BCUT2D eigenvalue weighted by Crippen LogP contribution is -2.56. The molecule has 2 fully saturated rings. The van der Waals surface area contributed by atoms with E-state index >= 15 is 0 Å². The third-order valence-electron chi connectivity index (χ3n) is 4.28. The van der Waals surface area contributed by atoms with Crippen molar-refractivity contribution in [2.24, 2.45) is 0 Å². The minimum Gasteiger partial charge on any atom is -0.380 e. The zero-order chi connectivity index (χ0) is 13.8. The minimum absolute atomic E-state index is 0.202. The summed E-state index contributed by atoms with van der Waals surface area (Å²) in [7, 11) is 0. The summed E-state index contributed by atoms with van der Waals surface area (Å²) in [6, 6.07) is 1.89. The van der Waals surface area contributed by atoms with Gasteiger partial charge in [-0.25, -0.2) is 0 Å². The molecule has 0 spiro atoms. The van der Waals surface area contributed by atoms with Crippen LogP contribution in [0.4, 0.5) is 0 Å². The number of carbonyl (C=O) groups excluding carboxylic acids is 1. The summed E-state index contributed by atoms with van der Waals surface area (Å²) in [5, 5.41) is 7.70. The van der Waals surface area contributed by atoms with Crippen molar-refractivity contribution >= 4 is 5.91 Å². The van der Waals surface area contributed by atoms with E-state index in [0.29, 0.717) is 13.2 Å². The maximum atomic E-state index is 13.1. The topological polar surface area (TPSA) is 59.4 Å². The number of amides is 1. The van der Waals surface area contributed by atoms with Gasteiger partial charge in [-0.15, -0.1) is 0 Å². The Morgan fingerprint density at radius 2 is 2.10 bits per heavy atom. The maximum absolute atomic E-state index is 13.1. The summed E-state index contributed by atoms with van der Waals surface area (Å²) >= 11 is 0. The van der Waals surface area contributed by atoms with Gasteiger partial charge in [-0.3, -0.25) is 9.48 Å². The summed E-state index contributed by atoms with van der Waals surface area (Å²) in [4.78, 5) is 15.1.